The SMILES string of the molecule is CS(=O)(=O)Oc1ccc2c(ccn2CCCc2ccc(OC3(C(=O)[O-])CCCC3)cc2)c1. The molecule has 3 aromatic rings. The highest BCUT2D eigenvalue weighted by Crippen LogP contribution is 2.34. The van der Waals surface area contributed by atoms with Crippen LogP contribution in [-0.4, -0.2) is 30.8 Å². The molecule has 0 spiro atoms. The zero-order valence-corrected chi connectivity index (χ0v) is 18.8. The van der Waals surface area contributed by atoms with Gasteiger partial charge >= 0.3 is 10.1 Å². The molecule has 0 bridgehead atoms. The van der Waals surface area contributed by atoms with Gasteiger partial charge in [-0.1, -0.05) is 12.1 Å². The number of rotatable bonds is 9. The van der Waals surface area contributed by atoms with Crippen molar-refractivity contribution >= 4 is 27.0 Å². The highest BCUT2D eigenvalue weighted by atomic mass is 32.2. The highest BCUT2D eigenvalue weighted by molar-refractivity contribution is 7.86. The van der Waals surface area contributed by atoms with Crippen LogP contribution in [0.5, 0.6) is 11.5 Å². The third kappa shape index (κ3) is 5.07. The minimum atomic E-state index is -3.55. The van der Waals surface area contributed by atoms with Crippen LogP contribution in [-0.2, 0) is 27.9 Å². The number of aryl methyl sites for hydroxylation is 2. The number of benzene rings is 2. The van der Waals surface area contributed by atoms with Gasteiger partial charge in [-0.2, -0.15) is 8.42 Å². The van der Waals surface area contributed by atoms with Crippen molar-refractivity contribution in [3.63, 3.8) is 0 Å². The van der Waals surface area contributed by atoms with Crippen LogP contribution in [0.25, 0.3) is 10.9 Å². The van der Waals surface area contributed by atoms with Crippen LogP contribution >= 0.6 is 0 Å². The summed E-state index contributed by atoms with van der Waals surface area (Å²) in [6.45, 7) is 0.807. The number of fused-ring (bicyclic) bond motifs is 1. The lowest BCUT2D eigenvalue weighted by Gasteiger charge is -2.31. The predicted octanol–water partition coefficient (Wildman–Crippen LogP) is 3.05. The van der Waals surface area contributed by atoms with Crippen molar-refractivity contribution < 1.29 is 27.2 Å². The fourth-order valence-electron chi connectivity index (χ4n) is 4.30. The Morgan fingerprint density at radius 3 is 2.41 bits per heavy atom. The molecule has 1 heterocycles. The molecule has 0 unspecified atom stereocenters. The number of hydrogen-bond donors (Lipinski definition) is 0. The number of aliphatic carboxylic acids is 1. The summed E-state index contributed by atoms with van der Waals surface area (Å²) >= 11 is 0. The predicted molar refractivity (Wildman–Crippen MR) is 119 cm³/mol. The Kier molecular flexibility index (Phi) is 6.15. The maximum Gasteiger partial charge on any atom is 0.306 e. The van der Waals surface area contributed by atoms with Crippen molar-refractivity contribution in [3.8, 4) is 11.5 Å². The van der Waals surface area contributed by atoms with E-state index in [0.29, 0.717) is 24.3 Å². The van der Waals surface area contributed by atoms with Crippen molar-refractivity contribution in [3.05, 3.63) is 60.3 Å². The third-order valence-electron chi connectivity index (χ3n) is 5.87. The van der Waals surface area contributed by atoms with E-state index in [9.17, 15) is 18.3 Å². The van der Waals surface area contributed by atoms with Crippen LogP contribution in [0, 0.1) is 0 Å². The van der Waals surface area contributed by atoms with Crippen molar-refractivity contribution in [1.29, 1.82) is 0 Å². The molecule has 2 aromatic carbocycles. The second-order valence-corrected chi connectivity index (χ2v) is 9.93. The number of carbonyl (C=O) groups excluding carboxylic acids is 1. The first-order valence-corrected chi connectivity index (χ1v) is 12.5. The molecule has 7 nitrogen and oxygen atoms in total. The van der Waals surface area contributed by atoms with Crippen molar-refractivity contribution in [2.75, 3.05) is 6.26 Å². The van der Waals surface area contributed by atoms with E-state index in [4.69, 9.17) is 8.92 Å². The molecule has 8 heteroatoms. The van der Waals surface area contributed by atoms with E-state index in [1.54, 1.807) is 12.1 Å². The first-order chi connectivity index (χ1) is 15.2. The average molecular weight is 457 g/mol. The fraction of sp³-hybridized carbons (Fsp3) is 0.375. The lowest BCUT2D eigenvalue weighted by molar-refractivity contribution is -0.322. The van der Waals surface area contributed by atoms with Gasteiger partial charge in [-0.25, -0.2) is 0 Å². The van der Waals surface area contributed by atoms with E-state index >= 15 is 0 Å². The molecule has 32 heavy (non-hydrogen) atoms. The highest BCUT2D eigenvalue weighted by Gasteiger charge is 2.37. The van der Waals surface area contributed by atoms with E-state index in [1.165, 1.54) is 0 Å². The lowest BCUT2D eigenvalue weighted by atomic mass is 10.0. The molecule has 0 N–H and O–H groups in total. The van der Waals surface area contributed by atoms with Crippen molar-refractivity contribution in [1.82, 2.24) is 4.57 Å². The van der Waals surface area contributed by atoms with Gasteiger partial charge in [-0.15, -0.1) is 0 Å². The van der Waals surface area contributed by atoms with Gasteiger partial charge in [0.25, 0.3) is 0 Å². The van der Waals surface area contributed by atoms with Crippen LogP contribution in [0.2, 0.25) is 0 Å². The van der Waals surface area contributed by atoms with Gasteiger partial charge in [0.15, 0.2) is 0 Å². The van der Waals surface area contributed by atoms with E-state index in [0.717, 1.165) is 55.0 Å². The molecule has 0 atom stereocenters. The summed E-state index contributed by atoms with van der Waals surface area (Å²) in [6, 6.07) is 14.8. The van der Waals surface area contributed by atoms with E-state index < -0.39 is 21.7 Å². The van der Waals surface area contributed by atoms with Gasteiger partial charge < -0.3 is 23.4 Å². The first kappa shape index (κ1) is 22.2. The quantitative estimate of drug-likeness (QED) is 0.459. The van der Waals surface area contributed by atoms with Crippen molar-refractivity contribution in [2.24, 2.45) is 0 Å². The molecule has 0 amide bonds. The second kappa shape index (κ2) is 8.86. The van der Waals surface area contributed by atoms with Crippen LogP contribution < -0.4 is 14.0 Å². The molecular formula is C24H26NO6S-. The van der Waals surface area contributed by atoms with Gasteiger partial charge in [-0.05, 0) is 80.5 Å². The van der Waals surface area contributed by atoms with E-state index in [2.05, 4.69) is 4.57 Å². The molecule has 0 aliphatic heterocycles. The summed E-state index contributed by atoms with van der Waals surface area (Å²) < 4.78 is 35.5. The minimum absolute atomic E-state index is 0.304. The van der Waals surface area contributed by atoms with E-state index in [-0.39, 0.29) is 0 Å². The molecule has 1 saturated carbocycles. The zero-order valence-electron chi connectivity index (χ0n) is 18.0. The van der Waals surface area contributed by atoms with Gasteiger partial charge in [-0.3, -0.25) is 0 Å². The van der Waals surface area contributed by atoms with Crippen LogP contribution in [0.3, 0.4) is 0 Å². The number of hydrogen-bond acceptors (Lipinski definition) is 6. The smallest absolute Gasteiger partial charge is 0.306 e. The number of nitrogens with zero attached hydrogens (tertiary/aromatic N) is 1. The number of aromatic nitrogens is 1. The Labute approximate surface area is 187 Å². The Morgan fingerprint density at radius 1 is 1.06 bits per heavy atom. The molecule has 0 radical (unpaired) electrons. The number of carboxylic acids is 1. The lowest BCUT2D eigenvalue weighted by Crippen LogP contribution is -2.50. The Balaban J connectivity index is 1.34. The topological polar surface area (TPSA) is 97.7 Å². The molecule has 1 aliphatic rings. The summed E-state index contributed by atoms with van der Waals surface area (Å²) in [5, 5.41) is 12.5. The molecule has 1 fully saturated rings. The first-order valence-electron chi connectivity index (χ1n) is 10.7. The third-order valence-corrected chi connectivity index (χ3v) is 6.37. The average Bonchev–Trinajstić information content (AvgIpc) is 3.36. The molecular weight excluding hydrogens is 430 g/mol. The van der Waals surface area contributed by atoms with Crippen LogP contribution in [0.4, 0.5) is 0 Å². The summed E-state index contributed by atoms with van der Waals surface area (Å²) in [5.74, 6) is -0.269. The summed E-state index contributed by atoms with van der Waals surface area (Å²) in [7, 11) is -3.55. The maximum absolute atomic E-state index is 11.5. The van der Waals surface area contributed by atoms with Crippen LogP contribution in [0.1, 0.15) is 37.7 Å². The monoisotopic (exact) mass is 456 g/mol. The Bertz CT molecular complexity index is 1210. The Hall–Kier alpha value is -3.00. The van der Waals surface area contributed by atoms with Gasteiger partial charge in [0.1, 0.15) is 17.1 Å². The molecule has 1 aliphatic carbocycles. The van der Waals surface area contributed by atoms with Gasteiger partial charge in [0.05, 0.1) is 12.2 Å². The minimum Gasteiger partial charge on any atom is -0.546 e. The second-order valence-electron chi connectivity index (χ2n) is 8.36. The molecule has 170 valence electrons. The summed E-state index contributed by atoms with van der Waals surface area (Å²) in [5.41, 5.74) is 0.966. The normalized spacial score (nSPS) is 15.7. The molecule has 0 saturated heterocycles. The Morgan fingerprint density at radius 2 is 1.75 bits per heavy atom. The van der Waals surface area contributed by atoms with E-state index in [1.807, 2.05) is 42.6 Å². The van der Waals surface area contributed by atoms with Crippen molar-refractivity contribution in [2.45, 2.75) is 50.7 Å². The number of carbonyl (C=O) groups is 1. The standard InChI is InChI=1S/C24H27NO6S/c1-32(28,29)31-21-10-11-22-19(17-21)12-16-25(22)15-4-5-18-6-8-20(9-7-18)30-24(23(26)27)13-2-3-14-24/h6-12,16-17H,2-5,13-15H2,1H3,(H,26,27)/p-1. The number of ether oxygens (including phenoxy) is 1. The van der Waals surface area contributed by atoms with Crippen LogP contribution in [0.15, 0.2) is 54.7 Å². The molecule has 1 aromatic heterocycles. The summed E-state index contributed by atoms with van der Waals surface area (Å²) in [4.78, 5) is 11.5. The van der Waals surface area contributed by atoms with Gasteiger partial charge in [0.2, 0.25) is 0 Å². The zero-order chi connectivity index (χ0) is 22.8. The largest absolute Gasteiger partial charge is 0.546 e. The number of carboxylic acid groups (broad SMARTS) is 1. The van der Waals surface area contributed by atoms with Gasteiger partial charge in [0, 0.05) is 23.6 Å². The molecule has 4 rings (SSSR count). The fourth-order valence-corrected chi connectivity index (χ4v) is 4.75. The summed E-state index contributed by atoms with van der Waals surface area (Å²) in [6.07, 6.45) is 7.44. The maximum atomic E-state index is 11.5.